The molecule has 8 rings (SSSR count). The Hall–Kier alpha value is -3.16. The lowest BCUT2D eigenvalue weighted by atomic mass is 9.61. The molecule has 2 fully saturated rings. The maximum absolute atomic E-state index is 13.0. The fourth-order valence-electron chi connectivity index (χ4n) is 10.2. The molecule has 2 saturated carbocycles. The van der Waals surface area contributed by atoms with Gasteiger partial charge in [-0.2, -0.15) is 0 Å². The minimum atomic E-state index is -1.46. The first-order valence-corrected chi connectivity index (χ1v) is 22.2. The van der Waals surface area contributed by atoms with Crippen molar-refractivity contribution in [3.05, 3.63) is 52.6 Å². The van der Waals surface area contributed by atoms with Crippen LogP contribution in [0.3, 0.4) is 0 Å². The molecule has 0 spiro atoms. The first-order valence-electron chi connectivity index (χ1n) is 19.9. The maximum atomic E-state index is 13.0. The molecule has 2 heterocycles. The zero-order chi connectivity index (χ0) is 38.6. The summed E-state index contributed by atoms with van der Waals surface area (Å²) in [5.41, 5.74) is 3.16. The SMILES string of the molecule is COc1c(O)c(OCCC(C)C)cc([C@@]23CC[C@@H]4SS[C@@H]5CCC[C@H](CC[C@@H]6c7cc(O)ccc7-c7c(OCCO)cc(c(c7[C@H]6CO)[C@@H]4[C@H]2O)O3)C5)c1O. The Morgan fingerprint density at radius 3 is 2.49 bits per heavy atom. The number of hydrogen-bond donors (Lipinski definition) is 6. The van der Waals surface area contributed by atoms with Gasteiger partial charge in [-0.15, -0.1) is 0 Å². The summed E-state index contributed by atoms with van der Waals surface area (Å²) in [5.74, 6) is 0.409. The summed E-state index contributed by atoms with van der Waals surface area (Å²) in [4.78, 5) is 0. The molecule has 8 atom stereocenters. The average molecular weight is 795 g/mol. The van der Waals surface area contributed by atoms with E-state index in [-0.39, 0.29) is 71.2 Å². The van der Waals surface area contributed by atoms with E-state index in [1.165, 1.54) is 20.0 Å². The van der Waals surface area contributed by atoms with Crippen molar-refractivity contribution in [2.75, 3.05) is 33.5 Å². The smallest absolute Gasteiger partial charge is 0.207 e. The van der Waals surface area contributed by atoms with Crippen LogP contribution in [0.15, 0.2) is 30.3 Å². The van der Waals surface area contributed by atoms with Crippen LogP contribution in [0.25, 0.3) is 11.1 Å². The first kappa shape index (κ1) is 38.7. The Morgan fingerprint density at radius 1 is 0.909 bits per heavy atom. The average Bonchev–Trinajstić information content (AvgIpc) is 3.17. The monoisotopic (exact) mass is 794 g/mol. The summed E-state index contributed by atoms with van der Waals surface area (Å²) in [7, 11) is 5.16. The maximum Gasteiger partial charge on any atom is 0.207 e. The molecule has 0 amide bonds. The fraction of sp³-hybridized carbons (Fsp3) is 0.581. The number of hydrogen-bond acceptors (Lipinski definition) is 12. The molecule has 6 N–H and O–H groups in total. The lowest BCUT2D eigenvalue weighted by Crippen LogP contribution is -2.57. The van der Waals surface area contributed by atoms with Gasteiger partial charge in [0.05, 0.1) is 26.9 Å². The molecule has 0 radical (unpaired) electrons. The third-order valence-electron chi connectivity index (χ3n) is 12.8. The molecule has 0 saturated heterocycles. The van der Waals surface area contributed by atoms with Gasteiger partial charge in [-0.3, -0.25) is 0 Å². The molecule has 3 aromatic rings. The van der Waals surface area contributed by atoms with E-state index in [0.717, 1.165) is 59.9 Å². The van der Waals surface area contributed by atoms with E-state index in [9.17, 15) is 30.6 Å². The van der Waals surface area contributed by atoms with Crippen LogP contribution < -0.4 is 18.9 Å². The standard InChI is InChI=1S/C43H54O10S2/c1-22(2)12-15-51-33-19-30(39(47)41(50-3)40(33)48)43-13-11-34-38(42(43)49)37-32(53-43)20-31(52-16-14-44)35-27-10-8-24(46)18-28(27)26(29(21-45)36(35)37)9-7-23-5-4-6-25(17-23)54-55-34/h8,10,18-20,22-23,25-26,29,34,38,42,44-49H,4-7,9,11-17,21H2,1-3H3/t23-,25-,26-,29+,34+,38-,42-,43+/m1/s1. The zero-order valence-electron chi connectivity index (χ0n) is 31.8. The van der Waals surface area contributed by atoms with E-state index in [2.05, 4.69) is 13.8 Å². The molecule has 12 heteroatoms. The fourth-order valence-corrected chi connectivity index (χ4v) is 13.8. The second kappa shape index (κ2) is 15.6. The molecular formula is C43H54O10S2. The molecule has 3 aromatic carbocycles. The van der Waals surface area contributed by atoms with E-state index < -0.39 is 17.6 Å². The highest BCUT2D eigenvalue weighted by Crippen LogP contribution is 2.66. The second-order valence-corrected chi connectivity index (χ2v) is 19.3. The number of aliphatic hydroxyl groups excluding tert-OH is 3. The van der Waals surface area contributed by atoms with Gasteiger partial charge in [-0.1, -0.05) is 54.3 Å². The summed E-state index contributed by atoms with van der Waals surface area (Å²) >= 11 is 0. The van der Waals surface area contributed by atoms with E-state index in [1.807, 2.05) is 39.8 Å². The van der Waals surface area contributed by atoms with Crippen molar-refractivity contribution >= 4 is 21.6 Å². The summed E-state index contributed by atoms with van der Waals surface area (Å²) < 4.78 is 25.1. The molecular weight excluding hydrogens is 741 g/mol. The minimum Gasteiger partial charge on any atom is -0.508 e. The van der Waals surface area contributed by atoms with Crippen molar-refractivity contribution in [2.24, 2.45) is 11.8 Å². The van der Waals surface area contributed by atoms with Gasteiger partial charge in [0.2, 0.25) is 11.5 Å². The Morgan fingerprint density at radius 2 is 1.73 bits per heavy atom. The van der Waals surface area contributed by atoms with E-state index in [0.29, 0.717) is 48.0 Å². The molecule has 0 unspecified atom stereocenters. The van der Waals surface area contributed by atoms with Gasteiger partial charge >= 0.3 is 0 Å². The van der Waals surface area contributed by atoms with Crippen molar-refractivity contribution in [1.29, 1.82) is 0 Å². The normalized spacial score (nSPS) is 29.3. The third-order valence-corrected chi connectivity index (χ3v) is 16.3. The van der Waals surface area contributed by atoms with Gasteiger partial charge in [0, 0.05) is 45.1 Å². The van der Waals surface area contributed by atoms with Crippen molar-refractivity contribution in [3.63, 3.8) is 0 Å². The predicted molar refractivity (Wildman–Crippen MR) is 214 cm³/mol. The number of phenolic OH excluding ortho intramolecular Hbond substituents is 3. The van der Waals surface area contributed by atoms with Crippen LogP contribution in [-0.2, 0) is 5.60 Å². The van der Waals surface area contributed by atoms with Crippen LogP contribution in [0.2, 0.25) is 0 Å². The van der Waals surface area contributed by atoms with Gasteiger partial charge in [0.25, 0.3) is 0 Å². The molecule has 0 aromatic heterocycles. The van der Waals surface area contributed by atoms with Gasteiger partial charge in [0.1, 0.15) is 30.0 Å². The van der Waals surface area contributed by atoms with Crippen molar-refractivity contribution in [2.45, 2.75) is 112 Å². The van der Waals surface area contributed by atoms with Gasteiger partial charge in [0.15, 0.2) is 17.1 Å². The summed E-state index contributed by atoms with van der Waals surface area (Å²) in [6.07, 6.45) is 7.09. The lowest BCUT2D eigenvalue weighted by molar-refractivity contribution is -0.112. The number of rotatable bonds is 10. The molecule has 10 nitrogen and oxygen atoms in total. The van der Waals surface area contributed by atoms with Crippen LogP contribution >= 0.6 is 21.6 Å². The minimum absolute atomic E-state index is 0.0221. The van der Waals surface area contributed by atoms with Crippen LogP contribution in [0, 0.1) is 11.8 Å². The molecule has 298 valence electrons. The zero-order valence-corrected chi connectivity index (χ0v) is 33.5. The molecule has 3 aliphatic carbocycles. The Labute approximate surface area is 331 Å². The third kappa shape index (κ3) is 6.67. The first-order chi connectivity index (χ1) is 26.6. The number of ether oxygens (including phenoxy) is 4. The van der Waals surface area contributed by atoms with E-state index in [1.54, 1.807) is 12.1 Å². The highest BCUT2D eigenvalue weighted by atomic mass is 33.1. The largest absolute Gasteiger partial charge is 0.508 e. The summed E-state index contributed by atoms with van der Waals surface area (Å²) in [6.45, 7) is 4.15. The van der Waals surface area contributed by atoms with Crippen LogP contribution in [0.4, 0.5) is 0 Å². The Bertz CT molecular complexity index is 1900. The predicted octanol–water partition coefficient (Wildman–Crippen LogP) is 8.08. The molecule has 55 heavy (non-hydrogen) atoms. The van der Waals surface area contributed by atoms with Crippen LogP contribution in [0.1, 0.15) is 112 Å². The summed E-state index contributed by atoms with van der Waals surface area (Å²) in [5, 5.41) is 68.8. The van der Waals surface area contributed by atoms with Crippen molar-refractivity contribution in [3.8, 4) is 51.4 Å². The molecule has 5 aliphatic rings. The highest BCUT2D eigenvalue weighted by molar-refractivity contribution is 8.77. The number of aromatic hydroxyl groups is 3. The Kier molecular flexibility index (Phi) is 11.0. The van der Waals surface area contributed by atoms with Crippen molar-refractivity contribution < 1.29 is 49.6 Å². The van der Waals surface area contributed by atoms with Crippen LogP contribution in [0.5, 0.6) is 40.2 Å². The summed E-state index contributed by atoms with van der Waals surface area (Å²) in [6, 6.07) is 8.86. The van der Waals surface area contributed by atoms with Gasteiger partial charge < -0.3 is 49.6 Å². The number of fused-ring (bicyclic) bond motifs is 7. The number of methoxy groups -OCH3 is 1. The molecule has 2 aliphatic heterocycles. The van der Waals surface area contributed by atoms with Gasteiger partial charge in [-0.25, -0.2) is 0 Å². The highest BCUT2D eigenvalue weighted by Gasteiger charge is 2.60. The Balaban J connectivity index is 1.37. The van der Waals surface area contributed by atoms with E-state index in [4.69, 9.17) is 18.9 Å². The number of phenols is 3. The lowest BCUT2D eigenvalue weighted by Gasteiger charge is -2.54. The topological polar surface area (TPSA) is 158 Å². The molecule has 6 bridgehead atoms. The van der Waals surface area contributed by atoms with Crippen molar-refractivity contribution in [1.82, 2.24) is 0 Å². The van der Waals surface area contributed by atoms with E-state index >= 15 is 0 Å². The quantitative estimate of drug-likeness (QED) is 0.110. The number of benzene rings is 3. The second-order valence-electron chi connectivity index (χ2n) is 16.5. The van der Waals surface area contributed by atoms with Gasteiger partial charge in [-0.05, 0) is 97.6 Å². The number of aliphatic hydroxyl groups is 3. The van der Waals surface area contributed by atoms with Crippen LogP contribution in [-0.4, -0.2) is 80.8 Å².